The van der Waals surface area contributed by atoms with Gasteiger partial charge >= 0.3 is 0 Å². The Morgan fingerprint density at radius 3 is 2.83 bits per heavy atom. The van der Waals surface area contributed by atoms with Crippen LogP contribution in [0.4, 0.5) is 5.69 Å². The van der Waals surface area contributed by atoms with Crippen molar-refractivity contribution in [2.24, 2.45) is 5.73 Å². The summed E-state index contributed by atoms with van der Waals surface area (Å²) in [7, 11) is 0. The molecule has 4 heterocycles. The number of aromatic nitrogens is 4. The molecule has 1 amide bonds. The number of amides is 1. The molecule has 2 N–H and O–H groups in total. The highest BCUT2D eigenvalue weighted by molar-refractivity contribution is 5.98. The lowest BCUT2D eigenvalue weighted by Gasteiger charge is -2.33. The molecule has 0 unspecified atom stereocenters. The molecule has 0 atom stereocenters. The van der Waals surface area contributed by atoms with E-state index in [4.69, 9.17) is 5.73 Å². The first-order valence-electron chi connectivity index (χ1n) is 8.15. The minimum atomic E-state index is -0.425. The van der Waals surface area contributed by atoms with Gasteiger partial charge < -0.3 is 15.2 Å². The second-order valence-electron chi connectivity index (χ2n) is 6.25. The van der Waals surface area contributed by atoms with Crippen molar-refractivity contribution in [3.05, 3.63) is 35.7 Å². The van der Waals surface area contributed by atoms with E-state index in [0.29, 0.717) is 11.5 Å². The van der Waals surface area contributed by atoms with Crippen molar-refractivity contribution in [3.8, 4) is 0 Å². The van der Waals surface area contributed by atoms with Crippen molar-refractivity contribution in [1.82, 2.24) is 19.7 Å². The molecule has 2 aromatic rings. The van der Waals surface area contributed by atoms with E-state index in [9.17, 15) is 4.79 Å². The van der Waals surface area contributed by atoms with E-state index in [0.717, 1.165) is 56.2 Å². The van der Waals surface area contributed by atoms with Gasteiger partial charge in [-0.05, 0) is 25.3 Å². The lowest BCUT2D eigenvalue weighted by atomic mass is 9.95. The van der Waals surface area contributed by atoms with Gasteiger partial charge in [-0.1, -0.05) is 0 Å². The van der Waals surface area contributed by atoms with E-state index >= 15 is 0 Å². The lowest BCUT2D eigenvalue weighted by Crippen LogP contribution is -2.35. The summed E-state index contributed by atoms with van der Waals surface area (Å²) in [5.74, 6) is 2.30. The molecule has 0 aliphatic carbocycles. The van der Waals surface area contributed by atoms with E-state index in [-0.39, 0.29) is 0 Å². The number of aryl methyl sites for hydroxylation is 1. The van der Waals surface area contributed by atoms with Crippen LogP contribution in [-0.4, -0.2) is 38.7 Å². The molecule has 2 aromatic heterocycles. The Hall–Kier alpha value is -2.44. The summed E-state index contributed by atoms with van der Waals surface area (Å²) in [6, 6.07) is 1.87. The fourth-order valence-corrected chi connectivity index (χ4v) is 3.71. The molecule has 7 nitrogen and oxygen atoms in total. The Morgan fingerprint density at radius 1 is 1.22 bits per heavy atom. The zero-order valence-electron chi connectivity index (χ0n) is 13.0. The third-order valence-electron chi connectivity index (χ3n) is 4.90. The van der Waals surface area contributed by atoms with Crippen molar-refractivity contribution >= 4 is 11.6 Å². The molecule has 1 fully saturated rings. The first-order chi connectivity index (χ1) is 11.2. The maximum atomic E-state index is 11.6. The molecule has 0 saturated carbocycles. The van der Waals surface area contributed by atoms with Gasteiger partial charge in [-0.2, -0.15) is 0 Å². The minimum absolute atomic E-state index is 0.425. The van der Waals surface area contributed by atoms with Crippen LogP contribution in [0, 0.1) is 0 Å². The SMILES string of the molecule is NC(=O)c1cnccc1N1CCC(c2nnc3n2CCC3)CC1. The number of rotatable bonds is 3. The molecule has 0 aromatic carbocycles. The molecule has 1 saturated heterocycles. The normalized spacial score (nSPS) is 18.2. The summed E-state index contributed by atoms with van der Waals surface area (Å²) in [6.07, 6.45) is 7.51. The third kappa shape index (κ3) is 2.46. The maximum Gasteiger partial charge on any atom is 0.252 e. The molecule has 4 rings (SSSR count). The van der Waals surface area contributed by atoms with Crippen LogP contribution in [-0.2, 0) is 13.0 Å². The number of hydrogen-bond acceptors (Lipinski definition) is 5. The van der Waals surface area contributed by atoms with Gasteiger partial charge in [0.1, 0.15) is 11.6 Å². The smallest absolute Gasteiger partial charge is 0.252 e. The summed E-state index contributed by atoms with van der Waals surface area (Å²) in [5.41, 5.74) is 6.84. The van der Waals surface area contributed by atoms with Crippen LogP contribution in [0.5, 0.6) is 0 Å². The van der Waals surface area contributed by atoms with E-state index < -0.39 is 5.91 Å². The van der Waals surface area contributed by atoms with E-state index in [1.807, 2.05) is 6.07 Å². The molecule has 0 bridgehead atoms. The van der Waals surface area contributed by atoms with Crippen LogP contribution >= 0.6 is 0 Å². The molecule has 0 spiro atoms. The Bertz CT molecular complexity index is 732. The Morgan fingerprint density at radius 2 is 2.04 bits per heavy atom. The zero-order valence-corrected chi connectivity index (χ0v) is 13.0. The topological polar surface area (TPSA) is 89.9 Å². The first-order valence-corrected chi connectivity index (χ1v) is 8.15. The van der Waals surface area contributed by atoms with Crippen LogP contribution in [0.1, 0.15) is 47.2 Å². The summed E-state index contributed by atoms with van der Waals surface area (Å²) in [6.45, 7) is 2.82. The van der Waals surface area contributed by atoms with Crippen LogP contribution in [0.15, 0.2) is 18.5 Å². The van der Waals surface area contributed by atoms with Crippen LogP contribution in [0.2, 0.25) is 0 Å². The Kier molecular flexibility index (Phi) is 3.48. The number of fused-ring (bicyclic) bond motifs is 1. The van der Waals surface area contributed by atoms with E-state index in [1.165, 1.54) is 6.42 Å². The average Bonchev–Trinajstić information content (AvgIpc) is 3.18. The monoisotopic (exact) mass is 312 g/mol. The molecular formula is C16H20N6O. The van der Waals surface area contributed by atoms with Crippen molar-refractivity contribution in [1.29, 1.82) is 0 Å². The van der Waals surface area contributed by atoms with Crippen molar-refractivity contribution in [2.75, 3.05) is 18.0 Å². The van der Waals surface area contributed by atoms with E-state index in [1.54, 1.807) is 12.4 Å². The van der Waals surface area contributed by atoms with Gasteiger partial charge in [0.2, 0.25) is 0 Å². The number of carbonyl (C=O) groups is 1. The fraction of sp³-hybridized carbons (Fsp3) is 0.500. The summed E-state index contributed by atoms with van der Waals surface area (Å²) >= 11 is 0. The van der Waals surface area contributed by atoms with Crippen LogP contribution < -0.4 is 10.6 Å². The van der Waals surface area contributed by atoms with Gasteiger partial charge in [0.05, 0.1) is 11.3 Å². The number of anilines is 1. The molecule has 23 heavy (non-hydrogen) atoms. The zero-order chi connectivity index (χ0) is 15.8. The number of pyridine rings is 1. The highest BCUT2D eigenvalue weighted by Gasteiger charge is 2.28. The molecular weight excluding hydrogens is 292 g/mol. The van der Waals surface area contributed by atoms with Crippen molar-refractivity contribution in [2.45, 2.75) is 38.1 Å². The standard InChI is InChI=1S/C16H20N6O/c17-15(23)12-10-18-6-3-13(12)21-8-4-11(5-9-21)16-20-19-14-2-1-7-22(14)16/h3,6,10-11H,1-2,4-5,7-9H2,(H2,17,23). The average molecular weight is 312 g/mol. The first kappa shape index (κ1) is 14.2. The van der Waals surface area contributed by atoms with Gasteiger partial charge in [-0.25, -0.2) is 0 Å². The fourth-order valence-electron chi connectivity index (χ4n) is 3.71. The van der Waals surface area contributed by atoms with Crippen LogP contribution in [0.25, 0.3) is 0 Å². The predicted molar refractivity (Wildman–Crippen MR) is 85.3 cm³/mol. The minimum Gasteiger partial charge on any atom is -0.371 e. The number of hydrogen-bond donors (Lipinski definition) is 1. The molecule has 2 aliphatic rings. The van der Waals surface area contributed by atoms with Gasteiger partial charge in [0.15, 0.2) is 0 Å². The summed E-state index contributed by atoms with van der Waals surface area (Å²) < 4.78 is 2.29. The number of piperidine rings is 1. The largest absolute Gasteiger partial charge is 0.371 e. The number of primary amides is 1. The molecule has 7 heteroatoms. The quantitative estimate of drug-likeness (QED) is 0.916. The highest BCUT2D eigenvalue weighted by Crippen LogP contribution is 2.32. The highest BCUT2D eigenvalue weighted by atomic mass is 16.1. The van der Waals surface area contributed by atoms with E-state index in [2.05, 4.69) is 24.6 Å². The van der Waals surface area contributed by atoms with Gasteiger partial charge in [0.25, 0.3) is 5.91 Å². The number of nitrogens with two attached hydrogens (primary N) is 1. The lowest BCUT2D eigenvalue weighted by molar-refractivity contribution is 0.100. The van der Waals surface area contributed by atoms with Crippen LogP contribution in [0.3, 0.4) is 0 Å². The Labute approximate surface area is 134 Å². The second kappa shape index (κ2) is 5.64. The van der Waals surface area contributed by atoms with Gasteiger partial charge in [-0.15, -0.1) is 10.2 Å². The summed E-state index contributed by atoms with van der Waals surface area (Å²) in [5, 5.41) is 8.73. The van der Waals surface area contributed by atoms with Gasteiger partial charge in [0, 0.05) is 44.4 Å². The maximum absolute atomic E-state index is 11.6. The van der Waals surface area contributed by atoms with Gasteiger partial charge in [-0.3, -0.25) is 9.78 Å². The molecule has 0 radical (unpaired) electrons. The van der Waals surface area contributed by atoms with Crippen molar-refractivity contribution < 1.29 is 4.79 Å². The van der Waals surface area contributed by atoms with Crippen molar-refractivity contribution in [3.63, 3.8) is 0 Å². The number of carbonyl (C=O) groups excluding carboxylic acids is 1. The third-order valence-corrected chi connectivity index (χ3v) is 4.90. The number of nitrogens with zero attached hydrogens (tertiary/aromatic N) is 5. The predicted octanol–water partition coefficient (Wildman–Crippen LogP) is 1.10. The second-order valence-corrected chi connectivity index (χ2v) is 6.25. The Balaban J connectivity index is 1.50. The molecule has 120 valence electrons. The summed E-state index contributed by atoms with van der Waals surface area (Å²) in [4.78, 5) is 17.8. The molecule has 2 aliphatic heterocycles.